The van der Waals surface area contributed by atoms with E-state index in [9.17, 15) is 13.0 Å². The van der Waals surface area contributed by atoms with Gasteiger partial charge in [-0.15, -0.1) is 0 Å². The third-order valence-corrected chi connectivity index (χ3v) is 3.94. The van der Waals surface area contributed by atoms with Crippen LogP contribution in [0.5, 0.6) is 0 Å². The van der Waals surface area contributed by atoms with Crippen LogP contribution in [0.25, 0.3) is 0 Å². The Balaban J connectivity index is 0. The molecule has 17 heavy (non-hydrogen) atoms. The summed E-state index contributed by atoms with van der Waals surface area (Å²) in [6.07, 6.45) is 7.86. The molecule has 0 saturated heterocycles. The van der Waals surface area contributed by atoms with Crippen LogP contribution >= 0.6 is 0 Å². The molecule has 0 aliphatic heterocycles. The van der Waals surface area contributed by atoms with Gasteiger partial charge in [-0.1, -0.05) is 51.9 Å². The zero-order valence-corrected chi connectivity index (χ0v) is 15.0. The molecule has 98 valence electrons. The van der Waals surface area contributed by atoms with Gasteiger partial charge in [0.05, 0.1) is 22.0 Å². The fourth-order valence-corrected chi connectivity index (χ4v) is 2.29. The van der Waals surface area contributed by atoms with Gasteiger partial charge in [0.25, 0.3) is 0 Å². The zero-order valence-electron chi connectivity index (χ0n) is 11.0. The van der Waals surface area contributed by atoms with Crippen molar-refractivity contribution in [3.63, 3.8) is 0 Å². The molecule has 1 atom stereocenters. The Morgan fingerprint density at radius 3 is 1.94 bits per heavy atom. The topological polar surface area (TPSA) is 77.4 Å². The van der Waals surface area contributed by atoms with Gasteiger partial charge in [-0.25, -0.2) is 8.42 Å². The van der Waals surface area contributed by atoms with Crippen LogP contribution in [0, 0.1) is 0 Å². The van der Waals surface area contributed by atoms with Crippen molar-refractivity contribution in [3.05, 3.63) is 0 Å². The molecule has 1 N–H and O–H groups in total. The second-order valence-electron chi connectivity index (χ2n) is 4.21. The summed E-state index contributed by atoms with van der Waals surface area (Å²) in [6.45, 7) is 1.60. The molecule has 0 aromatic rings. The first-order valence-electron chi connectivity index (χ1n) is 6.08. The molecule has 0 spiro atoms. The van der Waals surface area contributed by atoms with Gasteiger partial charge in [0.1, 0.15) is 0 Å². The van der Waals surface area contributed by atoms with Crippen LogP contribution in [-0.4, -0.2) is 29.9 Å². The Bertz CT molecular complexity index is 254. The van der Waals surface area contributed by atoms with E-state index < -0.39 is 22.0 Å². The zero-order chi connectivity index (χ0) is 12.4. The van der Waals surface area contributed by atoms with Gasteiger partial charge in [0.15, 0.2) is 0 Å². The van der Waals surface area contributed by atoms with Crippen molar-refractivity contribution in [2.24, 2.45) is 0 Å². The van der Waals surface area contributed by atoms with Crippen LogP contribution in [0.2, 0.25) is 0 Å². The van der Waals surface area contributed by atoms with E-state index >= 15 is 0 Å². The van der Waals surface area contributed by atoms with E-state index in [1.165, 1.54) is 25.7 Å². The number of unbranched alkanes of at least 4 members (excludes halogenated alkanes) is 6. The quantitative estimate of drug-likeness (QED) is 0.319. The molecule has 4 nitrogen and oxygen atoms in total. The number of rotatable bonds is 10. The predicted molar refractivity (Wildman–Crippen MR) is 63.2 cm³/mol. The first-order valence-corrected chi connectivity index (χ1v) is 7.55. The average Bonchev–Trinajstić information content (AvgIpc) is 2.20. The summed E-state index contributed by atoms with van der Waals surface area (Å²) in [4.78, 5) is 0. The summed E-state index contributed by atoms with van der Waals surface area (Å²) >= 11 is 0. The third-order valence-electron chi connectivity index (χ3n) is 2.74. The maximum atomic E-state index is 10.7. The molecule has 1 unspecified atom stereocenters. The second-order valence-corrected chi connectivity index (χ2v) is 5.86. The van der Waals surface area contributed by atoms with Crippen molar-refractivity contribution < 1.29 is 69.5 Å². The minimum atomic E-state index is -4.32. The van der Waals surface area contributed by atoms with E-state index in [0.29, 0.717) is 6.42 Å². The van der Waals surface area contributed by atoms with Crippen molar-refractivity contribution in [2.75, 3.05) is 6.61 Å². The first-order chi connectivity index (χ1) is 7.52. The largest absolute Gasteiger partial charge is 1.00 e. The molecule has 0 aliphatic rings. The van der Waals surface area contributed by atoms with Crippen LogP contribution < -0.4 is 51.4 Å². The maximum Gasteiger partial charge on any atom is 1.00 e. The van der Waals surface area contributed by atoms with E-state index in [-0.39, 0.29) is 57.8 Å². The molecule has 0 saturated carbocycles. The fraction of sp³-hybridized carbons (Fsp3) is 1.00. The number of aliphatic hydroxyl groups is 1. The minimum absolute atomic E-state index is 0. The Kier molecular flexibility index (Phi) is 15.3. The predicted octanol–water partition coefficient (Wildman–Crippen LogP) is -0.963. The van der Waals surface area contributed by atoms with Gasteiger partial charge in [-0.05, 0) is 6.42 Å². The molecular weight excluding hydrogens is 267 g/mol. The molecular formula is C11H23KO4S. The second kappa shape index (κ2) is 12.5. The van der Waals surface area contributed by atoms with Gasteiger partial charge in [-0.2, -0.15) is 0 Å². The van der Waals surface area contributed by atoms with E-state index in [2.05, 4.69) is 6.92 Å². The summed E-state index contributed by atoms with van der Waals surface area (Å²) in [5, 5.41) is 7.65. The Morgan fingerprint density at radius 2 is 1.53 bits per heavy atom. The van der Waals surface area contributed by atoms with E-state index in [1.54, 1.807) is 0 Å². The summed E-state index contributed by atoms with van der Waals surface area (Å²) in [5.41, 5.74) is 0. The van der Waals surface area contributed by atoms with E-state index in [1.807, 2.05) is 0 Å². The van der Waals surface area contributed by atoms with Gasteiger partial charge in [0, 0.05) is 0 Å². The van der Waals surface area contributed by atoms with Crippen molar-refractivity contribution in [3.8, 4) is 0 Å². The number of hydrogen-bond acceptors (Lipinski definition) is 4. The van der Waals surface area contributed by atoms with Gasteiger partial charge >= 0.3 is 51.4 Å². The average molecular weight is 290 g/mol. The summed E-state index contributed by atoms with van der Waals surface area (Å²) < 4.78 is 32.0. The first kappa shape index (κ1) is 20.8. The standard InChI is InChI=1S/C11H24O4S.K/c1-2-3-4-5-6-7-8-9-11(10-12)16(13,14)15;/h11-12H,2-10H2,1H3,(H,13,14,15);/q;+1/p-1. The van der Waals surface area contributed by atoms with Crippen molar-refractivity contribution in [1.82, 2.24) is 0 Å². The van der Waals surface area contributed by atoms with Crippen LogP contribution in [0.1, 0.15) is 58.3 Å². The van der Waals surface area contributed by atoms with Gasteiger partial charge in [0.2, 0.25) is 0 Å². The SMILES string of the molecule is CCCCCCCCCC(CO)S(=O)(=O)[O-].[K+]. The van der Waals surface area contributed by atoms with Crippen molar-refractivity contribution in [2.45, 2.75) is 63.5 Å². The van der Waals surface area contributed by atoms with E-state index in [0.717, 1.165) is 12.8 Å². The molecule has 0 aromatic heterocycles. The maximum absolute atomic E-state index is 10.7. The molecule has 0 radical (unpaired) electrons. The molecule has 0 bridgehead atoms. The van der Waals surface area contributed by atoms with Crippen LogP contribution in [-0.2, 0) is 10.1 Å². The molecule has 0 aromatic carbocycles. The fourth-order valence-electron chi connectivity index (χ4n) is 1.66. The van der Waals surface area contributed by atoms with E-state index in [4.69, 9.17) is 5.11 Å². The Labute approximate surface area is 148 Å². The van der Waals surface area contributed by atoms with Crippen molar-refractivity contribution in [1.29, 1.82) is 0 Å². The van der Waals surface area contributed by atoms with Gasteiger partial charge in [-0.3, -0.25) is 0 Å². The Morgan fingerprint density at radius 1 is 1.06 bits per heavy atom. The summed E-state index contributed by atoms with van der Waals surface area (Å²) in [5.74, 6) is 0. The minimum Gasteiger partial charge on any atom is -0.748 e. The third kappa shape index (κ3) is 12.3. The molecule has 0 heterocycles. The molecule has 6 heteroatoms. The number of hydrogen-bond donors (Lipinski definition) is 1. The van der Waals surface area contributed by atoms with Crippen LogP contribution in [0.3, 0.4) is 0 Å². The normalized spacial score (nSPS) is 13.1. The Hall–Kier alpha value is 1.51. The molecule has 0 aliphatic carbocycles. The smallest absolute Gasteiger partial charge is 0.748 e. The van der Waals surface area contributed by atoms with Crippen molar-refractivity contribution >= 4 is 10.1 Å². The van der Waals surface area contributed by atoms with Crippen LogP contribution in [0.4, 0.5) is 0 Å². The van der Waals surface area contributed by atoms with Crippen LogP contribution in [0.15, 0.2) is 0 Å². The molecule has 0 amide bonds. The number of aliphatic hydroxyl groups excluding tert-OH is 1. The molecule has 0 rings (SSSR count). The monoisotopic (exact) mass is 290 g/mol. The van der Waals surface area contributed by atoms with Gasteiger partial charge < -0.3 is 9.66 Å². The summed E-state index contributed by atoms with van der Waals surface area (Å²) in [6, 6.07) is 0. The molecule has 0 fully saturated rings. The summed E-state index contributed by atoms with van der Waals surface area (Å²) in [7, 11) is -4.32.